The summed E-state index contributed by atoms with van der Waals surface area (Å²) in [6.07, 6.45) is 0. The number of hydrogen-bond acceptors (Lipinski definition) is 3. The molecule has 32 heavy (non-hydrogen) atoms. The van der Waals surface area contributed by atoms with Gasteiger partial charge in [-0.1, -0.05) is 42.5 Å². The number of nitrogens with one attached hydrogen (secondary N) is 2. The van der Waals surface area contributed by atoms with Crippen LogP contribution in [0.3, 0.4) is 0 Å². The summed E-state index contributed by atoms with van der Waals surface area (Å²) in [7, 11) is 5.26. The Kier molecular flexibility index (Phi) is 6.78. The summed E-state index contributed by atoms with van der Waals surface area (Å²) in [6.45, 7) is 5.31. The van der Waals surface area contributed by atoms with E-state index in [0.29, 0.717) is 22.3 Å². The lowest BCUT2D eigenvalue weighted by Gasteiger charge is -2.18. The number of hydrogen-bond donors (Lipinski definition) is 3. The number of carboxylic acids is 1. The number of amides is 2. The minimum Gasteiger partial charge on any atom is -0.477 e. The maximum Gasteiger partial charge on any atom is 0.351 e. The molecule has 3 aromatic carbocycles. The average Bonchev–Trinajstić information content (AvgIpc) is 2.76. The van der Waals surface area contributed by atoms with Crippen molar-refractivity contribution in [2.75, 3.05) is 0 Å². The average molecular weight is 426 g/mol. The molecule has 0 aliphatic rings. The second kappa shape index (κ2) is 9.51. The number of fused-ring (bicyclic) bond motifs is 1. The van der Waals surface area contributed by atoms with E-state index in [-0.39, 0.29) is 11.9 Å². The molecule has 6 nitrogen and oxygen atoms in total. The van der Waals surface area contributed by atoms with Gasteiger partial charge in [0.15, 0.2) is 0 Å². The van der Waals surface area contributed by atoms with Crippen LogP contribution < -0.4 is 10.6 Å². The SMILES string of the molecule is [B]/C=C(\NC(=O)c1c(C)cc(C(=O)N[C@H](C)c2cccc3ccccc23)cc1C)C(=O)O. The van der Waals surface area contributed by atoms with E-state index >= 15 is 0 Å². The van der Waals surface area contributed by atoms with Gasteiger partial charge in [-0.15, -0.1) is 5.98 Å². The first-order valence-electron chi connectivity index (χ1n) is 10.1. The highest BCUT2D eigenvalue weighted by Gasteiger charge is 2.20. The van der Waals surface area contributed by atoms with Crippen LogP contribution in [0, 0.1) is 13.8 Å². The molecule has 0 bridgehead atoms. The molecule has 2 radical (unpaired) electrons. The third-order valence-corrected chi connectivity index (χ3v) is 5.30. The molecule has 0 spiro atoms. The second-order valence-electron chi connectivity index (χ2n) is 7.59. The maximum atomic E-state index is 12.9. The monoisotopic (exact) mass is 426 g/mol. The van der Waals surface area contributed by atoms with Crippen molar-refractivity contribution < 1.29 is 19.5 Å². The highest BCUT2D eigenvalue weighted by molar-refractivity contribution is 6.20. The van der Waals surface area contributed by atoms with E-state index < -0.39 is 17.6 Å². The Hall–Kier alpha value is -3.87. The van der Waals surface area contributed by atoms with Gasteiger partial charge in [-0.05, 0) is 60.4 Å². The second-order valence-corrected chi connectivity index (χ2v) is 7.59. The molecule has 0 aliphatic carbocycles. The van der Waals surface area contributed by atoms with Crippen molar-refractivity contribution in [3.05, 3.63) is 94.1 Å². The Balaban J connectivity index is 1.83. The number of carbonyl (C=O) groups is 3. The van der Waals surface area contributed by atoms with Gasteiger partial charge < -0.3 is 15.7 Å². The van der Waals surface area contributed by atoms with Gasteiger partial charge in [0.1, 0.15) is 13.5 Å². The van der Waals surface area contributed by atoms with Crippen LogP contribution >= 0.6 is 0 Å². The lowest BCUT2D eigenvalue weighted by atomic mass is 9.97. The molecule has 0 aromatic heterocycles. The first-order chi connectivity index (χ1) is 15.2. The summed E-state index contributed by atoms with van der Waals surface area (Å²) in [6, 6.07) is 17.0. The zero-order valence-corrected chi connectivity index (χ0v) is 18.1. The molecular weight excluding hydrogens is 403 g/mol. The summed E-state index contributed by atoms with van der Waals surface area (Å²) < 4.78 is 0. The van der Waals surface area contributed by atoms with Gasteiger partial charge in [-0.3, -0.25) is 9.59 Å². The van der Waals surface area contributed by atoms with Crippen molar-refractivity contribution in [2.24, 2.45) is 0 Å². The number of rotatable bonds is 6. The van der Waals surface area contributed by atoms with Crippen molar-refractivity contribution in [3.8, 4) is 0 Å². The quantitative estimate of drug-likeness (QED) is 0.413. The fourth-order valence-corrected chi connectivity index (χ4v) is 3.79. The van der Waals surface area contributed by atoms with Gasteiger partial charge in [-0.25, -0.2) is 4.79 Å². The van der Waals surface area contributed by atoms with Gasteiger partial charge in [-0.2, -0.15) is 0 Å². The topological polar surface area (TPSA) is 95.5 Å². The molecular formula is C25H23BN2O4. The van der Waals surface area contributed by atoms with Crippen LogP contribution in [0.15, 0.2) is 66.3 Å². The molecule has 1 atom stereocenters. The van der Waals surface area contributed by atoms with E-state index in [1.54, 1.807) is 26.0 Å². The molecule has 3 aromatic rings. The highest BCUT2D eigenvalue weighted by atomic mass is 16.4. The van der Waals surface area contributed by atoms with Crippen molar-refractivity contribution in [3.63, 3.8) is 0 Å². The smallest absolute Gasteiger partial charge is 0.351 e. The minimum atomic E-state index is -1.34. The molecule has 0 saturated heterocycles. The fraction of sp³-hybridized carbons (Fsp3) is 0.160. The van der Waals surface area contributed by atoms with Gasteiger partial charge in [0.05, 0.1) is 6.04 Å². The highest BCUT2D eigenvalue weighted by Crippen LogP contribution is 2.25. The lowest BCUT2D eigenvalue weighted by Crippen LogP contribution is -2.30. The number of carbonyl (C=O) groups excluding carboxylic acids is 2. The van der Waals surface area contributed by atoms with Crippen molar-refractivity contribution >= 4 is 36.4 Å². The normalized spacial score (nSPS) is 12.3. The Morgan fingerprint density at radius 3 is 2.22 bits per heavy atom. The molecule has 0 saturated carbocycles. The summed E-state index contributed by atoms with van der Waals surface area (Å²) in [5.41, 5.74) is 2.40. The van der Waals surface area contributed by atoms with Crippen LogP contribution in [0.2, 0.25) is 0 Å². The first-order valence-corrected chi connectivity index (χ1v) is 10.1. The van der Waals surface area contributed by atoms with Crippen LogP contribution in [0.4, 0.5) is 0 Å². The maximum absolute atomic E-state index is 12.9. The Morgan fingerprint density at radius 1 is 0.969 bits per heavy atom. The Labute approximate surface area is 187 Å². The minimum absolute atomic E-state index is 0.231. The largest absolute Gasteiger partial charge is 0.477 e. The fourth-order valence-electron chi connectivity index (χ4n) is 3.79. The van der Waals surface area contributed by atoms with E-state index in [1.165, 1.54) is 0 Å². The number of aryl methyl sites for hydroxylation is 2. The molecule has 0 aliphatic heterocycles. The van der Waals surface area contributed by atoms with Crippen LogP contribution in [0.5, 0.6) is 0 Å². The van der Waals surface area contributed by atoms with E-state index in [4.69, 9.17) is 13.0 Å². The van der Waals surface area contributed by atoms with E-state index in [0.717, 1.165) is 22.3 Å². The van der Waals surface area contributed by atoms with Crippen LogP contribution in [0.25, 0.3) is 10.8 Å². The van der Waals surface area contributed by atoms with Gasteiger partial charge in [0.2, 0.25) is 0 Å². The summed E-state index contributed by atoms with van der Waals surface area (Å²) in [5.74, 6) is -1.39. The number of aliphatic carboxylic acids is 1. The van der Waals surface area contributed by atoms with Crippen molar-refractivity contribution in [1.29, 1.82) is 0 Å². The predicted octanol–water partition coefficient (Wildman–Crippen LogP) is 3.77. The van der Waals surface area contributed by atoms with E-state index in [2.05, 4.69) is 10.6 Å². The lowest BCUT2D eigenvalue weighted by molar-refractivity contribution is -0.133. The first kappa shape index (κ1) is 22.8. The number of carboxylic acid groups (broad SMARTS) is 1. The molecule has 160 valence electrons. The third-order valence-electron chi connectivity index (χ3n) is 5.30. The van der Waals surface area contributed by atoms with E-state index in [9.17, 15) is 14.4 Å². The van der Waals surface area contributed by atoms with Crippen LogP contribution in [-0.2, 0) is 4.79 Å². The van der Waals surface area contributed by atoms with Gasteiger partial charge >= 0.3 is 5.97 Å². The molecule has 2 amide bonds. The molecule has 0 fully saturated rings. The van der Waals surface area contributed by atoms with E-state index in [1.807, 2.05) is 49.4 Å². The molecule has 7 heteroatoms. The van der Waals surface area contributed by atoms with Crippen molar-refractivity contribution in [2.45, 2.75) is 26.8 Å². The van der Waals surface area contributed by atoms with Crippen LogP contribution in [0.1, 0.15) is 50.4 Å². The summed E-state index contributed by atoms with van der Waals surface area (Å²) >= 11 is 0. The Bertz CT molecular complexity index is 1220. The predicted molar refractivity (Wildman–Crippen MR) is 125 cm³/mol. The summed E-state index contributed by atoms with van der Waals surface area (Å²) in [4.78, 5) is 36.6. The standard InChI is InChI=1S/C25H23BN2O4/c1-14-11-18(12-15(2)22(14)24(30)28-21(13-26)25(31)32)23(29)27-16(3)19-10-6-8-17-7-4-5-9-20(17)19/h4-13,16H,1-3H3,(H,27,29)(H,28,30)(H,31,32)/b21-13-/t16-/m1/s1. The zero-order chi connectivity index (χ0) is 23.4. The van der Waals surface area contributed by atoms with Crippen molar-refractivity contribution in [1.82, 2.24) is 10.6 Å². The Morgan fingerprint density at radius 2 is 1.59 bits per heavy atom. The third kappa shape index (κ3) is 4.72. The molecule has 0 unspecified atom stereocenters. The zero-order valence-electron chi connectivity index (χ0n) is 18.1. The summed E-state index contributed by atoms with van der Waals surface area (Å²) in [5, 5.41) is 16.5. The molecule has 0 heterocycles. The van der Waals surface area contributed by atoms with Crippen LogP contribution in [-0.4, -0.2) is 30.7 Å². The van der Waals surface area contributed by atoms with Gasteiger partial charge in [0.25, 0.3) is 11.8 Å². The van der Waals surface area contributed by atoms with Gasteiger partial charge in [0, 0.05) is 11.1 Å². The molecule has 3 N–H and O–H groups in total. The molecule has 3 rings (SSSR count). The number of benzene rings is 3.